The zero-order chi connectivity index (χ0) is 19.4. The lowest BCUT2D eigenvalue weighted by Crippen LogP contribution is -2.72. The minimum absolute atomic E-state index is 0.0826. The van der Waals surface area contributed by atoms with Crippen molar-refractivity contribution in [2.75, 3.05) is 13.2 Å². The first-order valence-corrected chi connectivity index (χ1v) is 8.81. The molecule has 2 heterocycles. The predicted octanol–water partition coefficient (Wildman–Crippen LogP) is 1.56. The first kappa shape index (κ1) is 18.7. The van der Waals surface area contributed by atoms with Crippen molar-refractivity contribution >= 4 is 17.8 Å². The summed E-state index contributed by atoms with van der Waals surface area (Å²) in [5.41, 5.74) is 1.09. The Morgan fingerprint density at radius 3 is 2.78 bits per heavy atom. The van der Waals surface area contributed by atoms with Crippen LogP contribution in [0.5, 0.6) is 5.75 Å². The lowest BCUT2D eigenvalue weighted by Gasteiger charge is -2.50. The molecular formula is C20H22N2O5. The molecule has 7 heteroatoms. The quantitative estimate of drug-likeness (QED) is 0.447. The summed E-state index contributed by atoms with van der Waals surface area (Å²) in [4.78, 5) is 38.4. The number of fused-ring (bicyclic) bond motifs is 1. The molecule has 1 N–H and O–H groups in total. The van der Waals surface area contributed by atoms with Crippen molar-refractivity contribution in [1.82, 2.24) is 10.2 Å². The number of rotatable bonds is 7. The highest BCUT2D eigenvalue weighted by Crippen LogP contribution is 2.36. The van der Waals surface area contributed by atoms with Crippen molar-refractivity contribution < 1.29 is 23.9 Å². The Bertz CT molecular complexity index is 787. The van der Waals surface area contributed by atoms with Gasteiger partial charge in [0.05, 0.1) is 6.04 Å². The van der Waals surface area contributed by atoms with Gasteiger partial charge in [-0.1, -0.05) is 30.9 Å². The van der Waals surface area contributed by atoms with Gasteiger partial charge in [0, 0.05) is 0 Å². The Hall–Kier alpha value is -3.09. The molecule has 27 heavy (non-hydrogen) atoms. The van der Waals surface area contributed by atoms with Crippen molar-refractivity contribution in [3.8, 4) is 5.75 Å². The van der Waals surface area contributed by atoms with Gasteiger partial charge >= 0.3 is 5.97 Å². The Morgan fingerprint density at radius 2 is 2.07 bits per heavy atom. The first-order chi connectivity index (χ1) is 13.0. The summed E-state index contributed by atoms with van der Waals surface area (Å²) in [5.74, 6) is -0.642. The minimum Gasteiger partial charge on any atom is -0.484 e. The van der Waals surface area contributed by atoms with Crippen LogP contribution in [0.4, 0.5) is 0 Å². The van der Waals surface area contributed by atoms with Gasteiger partial charge in [0.2, 0.25) is 0 Å². The van der Waals surface area contributed by atoms with Crippen LogP contribution < -0.4 is 10.1 Å². The van der Waals surface area contributed by atoms with Crippen LogP contribution in [0.3, 0.4) is 0 Å². The summed E-state index contributed by atoms with van der Waals surface area (Å²) in [6, 6.07) is 8.08. The number of nitrogens with one attached hydrogen (secondary N) is 1. The smallest absolute Gasteiger partial charge is 0.355 e. The van der Waals surface area contributed by atoms with Gasteiger partial charge in [-0.3, -0.25) is 14.5 Å². The number of esters is 1. The summed E-state index contributed by atoms with van der Waals surface area (Å²) in [6.07, 6.45) is 2.82. The van der Waals surface area contributed by atoms with Crippen LogP contribution >= 0.6 is 0 Å². The summed E-state index contributed by atoms with van der Waals surface area (Å²) >= 11 is 0. The van der Waals surface area contributed by atoms with E-state index < -0.39 is 12.0 Å². The van der Waals surface area contributed by atoms with Gasteiger partial charge < -0.3 is 14.8 Å². The standard InChI is InChI=1S/C20H22N2O5/c1-3-11-26-20(25)18-13(2)9-10-15-17(19(24)22(15)18)21-16(23)12-27-14-7-5-4-6-8-14/h3-8,15,17H,1,9-12H2,2H3,(H,21,23)/t15-,17+/m1/s1. The molecule has 0 aromatic heterocycles. The van der Waals surface area contributed by atoms with Crippen LogP contribution in [0.2, 0.25) is 0 Å². The van der Waals surface area contributed by atoms with E-state index in [9.17, 15) is 14.4 Å². The average molecular weight is 370 g/mol. The van der Waals surface area contributed by atoms with Crippen LogP contribution in [0, 0.1) is 0 Å². The number of benzene rings is 1. The maximum atomic E-state index is 12.5. The van der Waals surface area contributed by atoms with E-state index in [1.165, 1.54) is 11.0 Å². The molecule has 0 aliphatic carbocycles. The van der Waals surface area contributed by atoms with Crippen molar-refractivity contribution in [2.45, 2.75) is 31.8 Å². The van der Waals surface area contributed by atoms with Crippen molar-refractivity contribution in [3.63, 3.8) is 0 Å². The molecule has 1 fully saturated rings. The number of ether oxygens (including phenoxy) is 2. The number of carbonyl (C=O) groups excluding carboxylic acids is 3. The molecule has 2 atom stereocenters. The van der Waals surface area contributed by atoms with Crippen LogP contribution in [-0.2, 0) is 19.1 Å². The fourth-order valence-electron chi connectivity index (χ4n) is 3.32. The number of para-hydroxylation sites is 1. The molecule has 1 aromatic carbocycles. The van der Waals surface area contributed by atoms with Gasteiger partial charge in [0.15, 0.2) is 6.61 Å². The van der Waals surface area contributed by atoms with Crippen molar-refractivity contribution in [2.24, 2.45) is 0 Å². The Morgan fingerprint density at radius 1 is 1.33 bits per heavy atom. The molecule has 0 saturated carbocycles. The van der Waals surface area contributed by atoms with Gasteiger partial charge in [0.25, 0.3) is 11.8 Å². The van der Waals surface area contributed by atoms with E-state index >= 15 is 0 Å². The van der Waals surface area contributed by atoms with E-state index in [1.807, 2.05) is 25.1 Å². The third-order valence-corrected chi connectivity index (χ3v) is 4.64. The topological polar surface area (TPSA) is 84.9 Å². The highest BCUT2D eigenvalue weighted by molar-refractivity contribution is 6.02. The second-order valence-electron chi connectivity index (χ2n) is 6.48. The fraction of sp³-hybridized carbons (Fsp3) is 0.350. The largest absolute Gasteiger partial charge is 0.484 e. The second-order valence-corrected chi connectivity index (χ2v) is 6.48. The molecular weight excluding hydrogens is 348 g/mol. The van der Waals surface area contributed by atoms with E-state index in [4.69, 9.17) is 9.47 Å². The molecule has 1 saturated heterocycles. The molecule has 1 aromatic rings. The molecule has 0 radical (unpaired) electrons. The highest BCUT2D eigenvalue weighted by atomic mass is 16.5. The van der Waals surface area contributed by atoms with Crippen LogP contribution in [-0.4, -0.2) is 48.0 Å². The lowest BCUT2D eigenvalue weighted by molar-refractivity contribution is -0.157. The molecule has 0 bridgehead atoms. The van der Waals surface area contributed by atoms with E-state index in [0.29, 0.717) is 18.6 Å². The fourth-order valence-corrected chi connectivity index (χ4v) is 3.32. The number of carbonyl (C=O) groups is 3. The van der Waals surface area contributed by atoms with Gasteiger partial charge in [0.1, 0.15) is 24.1 Å². The zero-order valence-electron chi connectivity index (χ0n) is 15.1. The molecule has 142 valence electrons. The summed E-state index contributed by atoms with van der Waals surface area (Å²) in [7, 11) is 0. The molecule has 2 aliphatic heterocycles. The van der Waals surface area contributed by atoms with Crippen LogP contribution in [0.25, 0.3) is 0 Å². The van der Waals surface area contributed by atoms with Crippen LogP contribution in [0.15, 0.2) is 54.3 Å². The van der Waals surface area contributed by atoms with Crippen molar-refractivity contribution in [3.05, 3.63) is 54.3 Å². The van der Waals surface area contributed by atoms with E-state index in [0.717, 1.165) is 5.57 Å². The molecule has 2 amide bonds. The maximum Gasteiger partial charge on any atom is 0.355 e. The third-order valence-electron chi connectivity index (χ3n) is 4.64. The molecule has 7 nitrogen and oxygen atoms in total. The SMILES string of the molecule is C=CCOC(=O)C1=C(C)CC[C@@H]2[C@H](NC(=O)COc3ccccc3)C(=O)N12. The Balaban J connectivity index is 1.59. The van der Waals surface area contributed by atoms with Gasteiger partial charge in [-0.2, -0.15) is 0 Å². The van der Waals surface area contributed by atoms with E-state index in [-0.39, 0.29) is 36.8 Å². The Kier molecular flexibility index (Phi) is 5.59. The average Bonchev–Trinajstić information content (AvgIpc) is 2.69. The zero-order valence-corrected chi connectivity index (χ0v) is 15.1. The number of allylic oxidation sites excluding steroid dienone is 1. The Labute approximate surface area is 157 Å². The highest BCUT2D eigenvalue weighted by Gasteiger charge is 2.53. The van der Waals surface area contributed by atoms with Gasteiger partial charge in [-0.25, -0.2) is 4.79 Å². The monoisotopic (exact) mass is 370 g/mol. The minimum atomic E-state index is -0.646. The van der Waals surface area contributed by atoms with Crippen LogP contribution in [0.1, 0.15) is 19.8 Å². The predicted molar refractivity (Wildman–Crippen MR) is 97.6 cm³/mol. The lowest BCUT2D eigenvalue weighted by atomic mass is 9.84. The summed E-state index contributed by atoms with van der Waals surface area (Å²) in [6.45, 7) is 5.23. The number of hydrogen-bond acceptors (Lipinski definition) is 5. The van der Waals surface area contributed by atoms with Gasteiger partial charge in [-0.05, 0) is 37.5 Å². The molecule has 3 rings (SSSR count). The maximum absolute atomic E-state index is 12.5. The van der Waals surface area contributed by atoms with E-state index in [1.54, 1.807) is 12.1 Å². The first-order valence-electron chi connectivity index (χ1n) is 8.81. The molecule has 2 aliphatic rings. The number of β-lactam (4-membered cyclic amide) rings is 1. The van der Waals surface area contributed by atoms with E-state index in [2.05, 4.69) is 11.9 Å². The van der Waals surface area contributed by atoms with Crippen molar-refractivity contribution in [1.29, 1.82) is 0 Å². The number of hydrogen-bond donors (Lipinski definition) is 1. The second kappa shape index (κ2) is 8.07. The normalized spacial score (nSPS) is 21.1. The number of amides is 2. The third kappa shape index (κ3) is 3.86. The molecule has 0 unspecified atom stereocenters. The summed E-state index contributed by atoms with van der Waals surface area (Å²) in [5, 5.41) is 2.71. The number of nitrogens with zero attached hydrogens (tertiary/aromatic N) is 1. The van der Waals surface area contributed by atoms with Gasteiger partial charge in [-0.15, -0.1) is 0 Å². The summed E-state index contributed by atoms with van der Waals surface area (Å²) < 4.78 is 10.5. The molecule has 0 spiro atoms.